The second-order valence-electron chi connectivity index (χ2n) is 6.15. The summed E-state index contributed by atoms with van der Waals surface area (Å²) in [6.07, 6.45) is 2.16. The highest BCUT2D eigenvalue weighted by Crippen LogP contribution is 2.16. The number of aliphatic hydroxyl groups is 1. The fraction of sp³-hybridized carbons (Fsp3) is 0.263. The van der Waals surface area contributed by atoms with Crippen LogP contribution < -0.4 is 15.7 Å². The molecule has 1 aliphatic heterocycles. The van der Waals surface area contributed by atoms with Gasteiger partial charge in [-0.05, 0) is 25.1 Å². The largest absolute Gasteiger partial charge is 0.511 e. The summed E-state index contributed by atoms with van der Waals surface area (Å²) in [5.74, 6) is 0.513. The molecule has 1 heterocycles. The molecule has 1 aliphatic rings. The van der Waals surface area contributed by atoms with Crippen LogP contribution in [0.4, 0.5) is 0 Å². The standard InChI is InChI=1S/C19H23NOSi/c1-22(16-9-4-2-5-10-16,17-11-6-3-7-12-17)15-19(21)18-13-8-14-20-18/h2-7,9-12,15,18,20-21H,8,13-14H2,1H3/b19-15-/t18-/m0/s1. The zero-order valence-corrected chi connectivity index (χ0v) is 14.0. The van der Waals surface area contributed by atoms with Crippen molar-refractivity contribution in [2.24, 2.45) is 0 Å². The third-order valence-electron chi connectivity index (χ3n) is 4.60. The van der Waals surface area contributed by atoms with Gasteiger partial charge in [0.1, 0.15) is 13.8 Å². The van der Waals surface area contributed by atoms with Crippen molar-refractivity contribution in [2.45, 2.75) is 25.4 Å². The average Bonchev–Trinajstić information content (AvgIpc) is 3.11. The number of hydrogen-bond donors (Lipinski definition) is 2. The first-order valence-electron chi connectivity index (χ1n) is 7.96. The minimum atomic E-state index is -2.08. The molecule has 1 saturated heterocycles. The van der Waals surface area contributed by atoms with Crippen molar-refractivity contribution < 1.29 is 5.11 Å². The first kappa shape index (κ1) is 15.1. The van der Waals surface area contributed by atoms with Crippen LogP contribution in [0, 0.1) is 0 Å². The van der Waals surface area contributed by atoms with Crippen LogP contribution in [0.2, 0.25) is 6.55 Å². The van der Waals surface area contributed by atoms with Crippen LogP contribution in [0.15, 0.2) is 72.1 Å². The Morgan fingerprint density at radius 1 is 1.05 bits per heavy atom. The molecule has 2 aromatic rings. The summed E-state index contributed by atoms with van der Waals surface area (Å²) in [6.45, 7) is 3.31. The topological polar surface area (TPSA) is 32.3 Å². The van der Waals surface area contributed by atoms with E-state index in [1.165, 1.54) is 10.4 Å². The summed E-state index contributed by atoms with van der Waals surface area (Å²) in [6, 6.07) is 21.3. The molecule has 0 spiro atoms. The fourth-order valence-electron chi connectivity index (χ4n) is 3.24. The first-order valence-corrected chi connectivity index (χ1v) is 10.5. The molecule has 22 heavy (non-hydrogen) atoms. The van der Waals surface area contributed by atoms with Crippen molar-refractivity contribution in [3.63, 3.8) is 0 Å². The molecule has 114 valence electrons. The normalized spacial score (nSPS) is 19.3. The van der Waals surface area contributed by atoms with Gasteiger partial charge in [0.15, 0.2) is 0 Å². The van der Waals surface area contributed by atoms with Crippen molar-refractivity contribution in [3.05, 3.63) is 72.1 Å². The lowest BCUT2D eigenvalue weighted by Crippen LogP contribution is -2.55. The maximum atomic E-state index is 10.6. The summed E-state index contributed by atoms with van der Waals surface area (Å²) < 4.78 is 0. The molecule has 2 nitrogen and oxygen atoms in total. The molecular weight excluding hydrogens is 286 g/mol. The average molecular weight is 309 g/mol. The minimum absolute atomic E-state index is 0.124. The molecule has 2 N–H and O–H groups in total. The van der Waals surface area contributed by atoms with Gasteiger partial charge in [0.05, 0.1) is 6.04 Å². The number of hydrogen-bond acceptors (Lipinski definition) is 2. The molecule has 0 aromatic heterocycles. The SMILES string of the molecule is C[Si](/C=C(\O)[C@@H]1CCCN1)(c1ccccc1)c1ccccc1. The summed E-state index contributed by atoms with van der Waals surface area (Å²) in [5.41, 5.74) is 2.15. The van der Waals surface area contributed by atoms with Crippen molar-refractivity contribution in [1.29, 1.82) is 0 Å². The van der Waals surface area contributed by atoms with Gasteiger partial charge in [-0.2, -0.15) is 0 Å². The summed E-state index contributed by atoms with van der Waals surface area (Å²) in [7, 11) is -2.08. The zero-order valence-electron chi connectivity index (χ0n) is 13.0. The van der Waals surface area contributed by atoms with Gasteiger partial charge in [-0.3, -0.25) is 0 Å². The summed E-state index contributed by atoms with van der Waals surface area (Å²) in [4.78, 5) is 0. The monoisotopic (exact) mass is 309 g/mol. The molecule has 0 aliphatic carbocycles. The highest BCUT2D eigenvalue weighted by atomic mass is 28.3. The lowest BCUT2D eigenvalue weighted by Gasteiger charge is -2.26. The van der Waals surface area contributed by atoms with Gasteiger partial charge in [-0.25, -0.2) is 0 Å². The van der Waals surface area contributed by atoms with Crippen LogP contribution in [0.25, 0.3) is 0 Å². The minimum Gasteiger partial charge on any atom is -0.511 e. The van der Waals surface area contributed by atoms with Crippen molar-refractivity contribution in [1.82, 2.24) is 5.32 Å². The van der Waals surface area contributed by atoms with E-state index in [9.17, 15) is 5.11 Å². The van der Waals surface area contributed by atoms with E-state index in [1.54, 1.807) is 0 Å². The molecular formula is C19H23NOSi. The van der Waals surface area contributed by atoms with Gasteiger partial charge in [0, 0.05) is 0 Å². The smallest absolute Gasteiger partial charge is 0.141 e. The summed E-state index contributed by atoms with van der Waals surface area (Å²) in [5, 5.41) is 16.7. The Morgan fingerprint density at radius 2 is 1.59 bits per heavy atom. The van der Waals surface area contributed by atoms with Crippen LogP contribution in [-0.2, 0) is 0 Å². The lowest BCUT2D eigenvalue weighted by molar-refractivity contribution is 0.356. The zero-order chi connectivity index (χ0) is 15.4. The first-order chi connectivity index (χ1) is 10.7. The third-order valence-corrected chi connectivity index (χ3v) is 8.54. The molecule has 0 radical (unpaired) electrons. The number of rotatable bonds is 4. The molecule has 0 bridgehead atoms. The lowest BCUT2D eigenvalue weighted by atomic mass is 10.2. The van der Waals surface area contributed by atoms with Crippen LogP contribution in [-0.4, -0.2) is 25.8 Å². The number of nitrogens with one attached hydrogen (secondary N) is 1. The second-order valence-corrected chi connectivity index (χ2v) is 10.0. The Bertz CT molecular complexity index is 593. The second kappa shape index (κ2) is 6.51. The number of benzene rings is 2. The van der Waals surface area contributed by atoms with E-state index in [0.29, 0.717) is 5.76 Å². The maximum absolute atomic E-state index is 10.6. The molecule has 0 saturated carbocycles. The van der Waals surface area contributed by atoms with E-state index < -0.39 is 8.07 Å². The van der Waals surface area contributed by atoms with Gasteiger partial charge in [0.25, 0.3) is 0 Å². The van der Waals surface area contributed by atoms with E-state index in [0.717, 1.165) is 19.4 Å². The van der Waals surface area contributed by atoms with Crippen molar-refractivity contribution >= 4 is 18.4 Å². The third kappa shape index (κ3) is 3.01. The van der Waals surface area contributed by atoms with E-state index in [4.69, 9.17) is 0 Å². The molecule has 1 atom stereocenters. The van der Waals surface area contributed by atoms with Gasteiger partial charge in [-0.1, -0.05) is 77.6 Å². The van der Waals surface area contributed by atoms with Crippen molar-refractivity contribution in [3.8, 4) is 0 Å². The van der Waals surface area contributed by atoms with Crippen LogP contribution >= 0.6 is 0 Å². The van der Waals surface area contributed by atoms with Gasteiger partial charge in [-0.15, -0.1) is 0 Å². The molecule has 2 aromatic carbocycles. The predicted octanol–water partition coefficient (Wildman–Crippen LogP) is 2.61. The quantitative estimate of drug-likeness (QED) is 0.672. The Kier molecular flexibility index (Phi) is 4.46. The van der Waals surface area contributed by atoms with Gasteiger partial charge >= 0.3 is 0 Å². The van der Waals surface area contributed by atoms with Gasteiger partial charge < -0.3 is 10.4 Å². The Morgan fingerprint density at radius 3 is 2.05 bits per heavy atom. The van der Waals surface area contributed by atoms with E-state index >= 15 is 0 Å². The summed E-state index contributed by atoms with van der Waals surface area (Å²) >= 11 is 0. The van der Waals surface area contributed by atoms with Crippen LogP contribution in [0.3, 0.4) is 0 Å². The van der Waals surface area contributed by atoms with Crippen molar-refractivity contribution in [2.75, 3.05) is 6.54 Å². The molecule has 0 unspecified atom stereocenters. The van der Waals surface area contributed by atoms with E-state index in [1.807, 2.05) is 12.1 Å². The van der Waals surface area contributed by atoms with Gasteiger partial charge in [0.2, 0.25) is 0 Å². The van der Waals surface area contributed by atoms with Crippen LogP contribution in [0.1, 0.15) is 12.8 Å². The van der Waals surface area contributed by atoms with E-state index in [2.05, 4.69) is 66.1 Å². The fourth-order valence-corrected chi connectivity index (χ4v) is 6.46. The number of aliphatic hydroxyl groups excluding tert-OH is 1. The molecule has 1 fully saturated rings. The van der Waals surface area contributed by atoms with E-state index in [-0.39, 0.29) is 6.04 Å². The maximum Gasteiger partial charge on any atom is 0.141 e. The van der Waals surface area contributed by atoms with Crippen LogP contribution in [0.5, 0.6) is 0 Å². The Labute approximate surface area is 133 Å². The molecule has 0 amide bonds. The molecule has 3 rings (SSSR count). The highest BCUT2D eigenvalue weighted by Gasteiger charge is 2.32. The Balaban J connectivity index is 2.05. The predicted molar refractivity (Wildman–Crippen MR) is 95.5 cm³/mol. The Hall–Kier alpha value is -1.84. The highest BCUT2D eigenvalue weighted by molar-refractivity contribution is 7.05. The molecule has 3 heteroatoms.